The second-order valence-corrected chi connectivity index (χ2v) is 5.62. The van der Waals surface area contributed by atoms with Gasteiger partial charge in [-0.2, -0.15) is 13.2 Å². The third-order valence-corrected chi connectivity index (χ3v) is 3.62. The van der Waals surface area contributed by atoms with E-state index in [1.54, 1.807) is 0 Å². The van der Waals surface area contributed by atoms with Crippen molar-refractivity contribution in [3.05, 3.63) is 39.0 Å². The zero-order valence-corrected chi connectivity index (χ0v) is 14.5. The van der Waals surface area contributed by atoms with E-state index >= 15 is 0 Å². The van der Waals surface area contributed by atoms with Crippen LogP contribution < -0.4 is 15.2 Å². The first-order valence-electron chi connectivity index (χ1n) is 7.13. The Morgan fingerprint density at radius 2 is 2.07 bits per heavy atom. The normalized spacial score (nSPS) is 12.5. The molecule has 0 saturated heterocycles. The number of nitro benzene ring substituents is 1. The fraction of sp³-hybridized carbons (Fsp3) is 0.286. The summed E-state index contributed by atoms with van der Waals surface area (Å²) < 4.78 is 49.7. The molecule has 0 aliphatic heterocycles. The molecular formula is C14H12ClF3N4O5. The largest absolute Gasteiger partial charge is 0.474 e. The van der Waals surface area contributed by atoms with E-state index in [0.717, 1.165) is 25.2 Å². The van der Waals surface area contributed by atoms with Gasteiger partial charge in [-0.3, -0.25) is 19.6 Å². The average molecular weight is 409 g/mol. The van der Waals surface area contributed by atoms with Crippen molar-refractivity contribution in [3.63, 3.8) is 0 Å². The number of aryl methyl sites for hydroxylation is 1. The molecule has 0 aliphatic rings. The lowest BCUT2D eigenvalue weighted by atomic mass is 10.2. The second-order valence-electron chi connectivity index (χ2n) is 5.24. The molecule has 1 amide bonds. The van der Waals surface area contributed by atoms with Crippen molar-refractivity contribution in [1.82, 2.24) is 9.78 Å². The minimum atomic E-state index is -4.76. The summed E-state index contributed by atoms with van der Waals surface area (Å²) in [6, 6.07) is 3.11. The van der Waals surface area contributed by atoms with Gasteiger partial charge in [0.25, 0.3) is 11.8 Å². The summed E-state index contributed by atoms with van der Waals surface area (Å²) in [6.07, 6.45) is -5.96. The van der Waals surface area contributed by atoms with Gasteiger partial charge in [-0.15, -0.1) is 5.10 Å². The maximum absolute atomic E-state index is 12.9. The number of rotatable bonds is 6. The van der Waals surface area contributed by atoms with Crippen LogP contribution in [0.1, 0.15) is 12.6 Å². The molecule has 0 aliphatic carbocycles. The van der Waals surface area contributed by atoms with Crippen molar-refractivity contribution >= 4 is 23.2 Å². The molecule has 13 heteroatoms. The smallest absolute Gasteiger partial charge is 0.434 e. The minimum absolute atomic E-state index is 0.152. The van der Waals surface area contributed by atoms with Gasteiger partial charge in [-0.25, -0.2) is 0 Å². The molecule has 2 N–H and O–H groups in total. The number of nitrogens with zero attached hydrogens (tertiary/aromatic N) is 3. The zero-order valence-electron chi connectivity index (χ0n) is 13.8. The lowest BCUT2D eigenvalue weighted by molar-refractivity contribution is -0.386. The van der Waals surface area contributed by atoms with E-state index in [4.69, 9.17) is 26.8 Å². The van der Waals surface area contributed by atoms with Crippen molar-refractivity contribution in [2.24, 2.45) is 12.8 Å². The number of hydrogen-bond acceptors (Lipinski definition) is 6. The molecule has 1 atom stereocenters. The Morgan fingerprint density at radius 3 is 2.56 bits per heavy atom. The third kappa shape index (κ3) is 4.39. The topological polar surface area (TPSA) is 123 Å². The first-order valence-corrected chi connectivity index (χ1v) is 7.51. The summed E-state index contributed by atoms with van der Waals surface area (Å²) in [7, 11) is 1.03. The monoisotopic (exact) mass is 408 g/mol. The van der Waals surface area contributed by atoms with Gasteiger partial charge in [0.1, 0.15) is 10.8 Å². The van der Waals surface area contributed by atoms with Gasteiger partial charge in [0.2, 0.25) is 5.75 Å². The first kappa shape index (κ1) is 20.3. The Balaban J connectivity index is 2.41. The lowest BCUT2D eigenvalue weighted by Crippen LogP contribution is -2.30. The highest BCUT2D eigenvalue weighted by molar-refractivity contribution is 6.32. The van der Waals surface area contributed by atoms with Crippen LogP contribution in [0, 0.1) is 10.1 Å². The van der Waals surface area contributed by atoms with E-state index in [1.807, 2.05) is 0 Å². The molecule has 1 unspecified atom stereocenters. The number of ether oxygens (including phenoxy) is 2. The van der Waals surface area contributed by atoms with Crippen LogP contribution >= 0.6 is 11.6 Å². The van der Waals surface area contributed by atoms with Crippen molar-refractivity contribution in [2.75, 3.05) is 0 Å². The Morgan fingerprint density at radius 1 is 1.44 bits per heavy atom. The maximum atomic E-state index is 12.9. The van der Waals surface area contributed by atoms with Crippen LogP contribution in [0.3, 0.4) is 0 Å². The summed E-state index contributed by atoms with van der Waals surface area (Å²) in [6.45, 7) is 1.27. The Hall–Kier alpha value is -3.02. The zero-order chi connectivity index (χ0) is 20.5. The highest BCUT2D eigenvalue weighted by atomic mass is 35.5. The predicted octanol–water partition coefficient (Wildman–Crippen LogP) is 3.05. The second kappa shape index (κ2) is 7.31. The van der Waals surface area contributed by atoms with Crippen molar-refractivity contribution in [3.8, 4) is 17.4 Å². The van der Waals surface area contributed by atoms with E-state index in [9.17, 15) is 28.1 Å². The van der Waals surface area contributed by atoms with Crippen LogP contribution in [0.5, 0.6) is 17.4 Å². The van der Waals surface area contributed by atoms with Crippen molar-refractivity contribution in [2.45, 2.75) is 19.2 Å². The fourth-order valence-corrected chi connectivity index (χ4v) is 2.32. The molecule has 0 saturated carbocycles. The summed E-state index contributed by atoms with van der Waals surface area (Å²) in [5, 5.41) is 13.8. The van der Waals surface area contributed by atoms with Crippen LogP contribution in [0.4, 0.5) is 18.9 Å². The molecule has 1 aromatic carbocycles. The van der Waals surface area contributed by atoms with Crippen LogP contribution in [0.2, 0.25) is 5.02 Å². The Kier molecular flexibility index (Phi) is 5.49. The molecule has 1 heterocycles. The average Bonchev–Trinajstić information content (AvgIpc) is 2.80. The number of carbonyl (C=O) groups excluding carboxylic acids is 1. The van der Waals surface area contributed by atoms with Gasteiger partial charge >= 0.3 is 11.9 Å². The fourth-order valence-electron chi connectivity index (χ4n) is 2.01. The predicted molar refractivity (Wildman–Crippen MR) is 85.7 cm³/mol. The quantitative estimate of drug-likeness (QED) is 0.579. The molecule has 1 aromatic heterocycles. The van der Waals surface area contributed by atoms with E-state index in [-0.39, 0.29) is 11.5 Å². The molecule has 0 fully saturated rings. The van der Waals surface area contributed by atoms with Gasteiger partial charge in [-0.1, -0.05) is 11.6 Å². The Bertz CT molecular complexity index is 900. The van der Waals surface area contributed by atoms with Gasteiger partial charge in [-0.05, 0) is 13.0 Å². The molecule has 146 valence electrons. The van der Waals surface area contributed by atoms with Crippen molar-refractivity contribution < 1.29 is 32.4 Å². The summed E-state index contributed by atoms with van der Waals surface area (Å²) in [5.74, 6) is -1.96. The summed E-state index contributed by atoms with van der Waals surface area (Å²) in [5.41, 5.74) is 3.33. The molecule has 0 spiro atoms. The number of carbonyl (C=O) groups is 1. The third-order valence-electron chi connectivity index (χ3n) is 3.28. The van der Waals surface area contributed by atoms with E-state index < -0.39 is 45.4 Å². The lowest BCUT2D eigenvalue weighted by Gasteiger charge is -2.12. The van der Waals surface area contributed by atoms with Crippen molar-refractivity contribution in [1.29, 1.82) is 0 Å². The standard InChI is InChI=1S/C14H12ClF3N4O5/c1-6(12(19)23)26-9-5-7(3-4-8(9)22(24)25)27-13-10(15)11(14(16,17)18)21(2)20-13/h3-6H,1-2H3,(H2,19,23). The maximum Gasteiger partial charge on any atom is 0.434 e. The van der Waals surface area contributed by atoms with Crippen LogP contribution in [0.25, 0.3) is 0 Å². The number of halogens is 4. The summed E-state index contributed by atoms with van der Waals surface area (Å²) >= 11 is 5.68. The van der Waals surface area contributed by atoms with Gasteiger partial charge in [0, 0.05) is 19.2 Å². The molecule has 0 bridgehead atoms. The molecule has 9 nitrogen and oxygen atoms in total. The van der Waals surface area contributed by atoms with Crippen LogP contribution in [-0.2, 0) is 18.0 Å². The number of nitrogens with two attached hydrogens (primary N) is 1. The van der Waals surface area contributed by atoms with Gasteiger partial charge in [0.15, 0.2) is 11.8 Å². The number of primary amides is 1. The number of aromatic nitrogens is 2. The van der Waals surface area contributed by atoms with E-state index in [1.165, 1.54) is 6.92 Å². The van der Waals surface area contributed by atoms with Gasteiger partial charge < -0.3 is 15.2 Å². The van der Waals surface area contributed by atoms with Crippen LogP contribution in [-0.4, -0.2) is 26.7 Å². The van der Waals surface area contributed by atoms with E-state index in [2.05, 4.69) is 5.10 Å². The molecule has 0 radical (unpaired) electrons. The van der Waals surface area contributed by atoms with E-state index in [0.29, 0.717) is 4.68 Å². The van der Waals surface area contributed by atoms with Crippen LogP contribution in [0.15, 0.2) is 18.2 Å². The number of benzene rings is 1. The highest BCUT2D eigenvalue weighted by Crippen LogP contribution is 2.41. The molecular weight excluding hydrogens is 397 g/mol. The first-order chi connectivity index (χ1) is 12.4. The number of amides is 1. The molecule has 2 rings (SSSR count). The molecule has 2 aromatic rings. The summed E-state index contributed by atoms with van der Waals surface area (Å²) in [4.78, 5) is 21.4. The number of nitro groups is 1. The van der Waals surface area contributed by atoms with Gasteiger partial charge in [0.05, 0.1) is 4.92 Å². The highest BCUT2D eigenvalue weighted by Gasteiger charge is 2.39. The minimum Gasteiger partial charge on any atom is -0.474 e. The number of hydrogen-bond donors (Lipinski definition) is 1. The Labute approximate surface area is 154 Å². The number of alkyl halides is 3. The molecule has 27 heavy (non-hydrogen) atoms. The SMILES string of the molecule is CC(Oc1cc(Oc2nn(C)c(C(F)(F)F)c2Cl)ccc1[N+](=O)[O-])C(N)=O.